The Morgan fingerprint density at radius 1 is 1.16 bits per heavy atom. The van der Waals surface area contributed by atoms with Gasteiger partial charge in [0.2, 0.25) is 0 Å². The van der Waals surface area contributed by atoms with Gasteiger partial charge in [-0.15, -0.1) is 0 Å². The Labute approximate surface area is 188 Å². The lowest BCUT2D eigenvalue weighted by Crippen LogP contribution is -2.42. The molecule has 1 aromatic heterocycles. The van der Waals surface area contributed by atoms with E-state index in [4.69, 9.17) is 14.5 Å². The van der Waals surface area contributed by atoms with Gasteiger partial charge in [-0.2, -0.15) is 0 Å². The van der Waals surface area contributed by atoms with Crippen molar-refractivity contribution in [2.45, 2.75) is 65.5 Å². The summed E-state index contributed by atoms with van der Waals surface area (Å²) in [4.78, 5) is 46.6. The van der Waals surface area contributed by atoms with E-state index in [9.17, 15) is 14.4 Å². The van der Waals surface area contributed by atoms with Crippen molar-refractivity contribution in [3.05, 3.63) is 41.3 Å². The van der Waals surface area contributed by atoms with Crippen molar-refractivity contribution >= 4 is 17.8 Å². The molecule has 172 valence electrons. The van der Waals surface area contributed by atoms with Crippen LogP contribution in [-0.4, -0.2) is 51.5 Å². The summed E-state index contributed by atoms with van der Waals surface area (Å²) in [7, 11) is 0. The van der Waals surface area contributed by atoms with Crippen LogP contribution < -0.4 is 0 Å². The van der Waals surface area contributed by atoms with Crippen LogP contribution in [0.3, 0.4) is 0 Å². The third-order valence-electron chi connectivity index (χ3n) is 5.19. The van der Waals surface area contributed by atoms with Crippen LogP contribution in [0.2, 0.25) is 0 Å². The van der Waals surface area contributed by atoms with Gasteiger partial charge in [-0.1, -0.05) is 12.1 Å². The monoisotopic (exact) mass is 441 g/mol. The SMILES string of the molecule is CCOC(=O)c1ccc(-c2nc([C@@H]3CCCCN3C(=O)OC(C)(C)C)[nH]c2C(C)=O)cc1. The number of H-pyrrole nitrogens is 1. The van der Waals surface area contributed by atoms with Gasteiger partial charge in [0.05, 0.1) is 23.9 Å². The maximum atomic E-state index is 12.8. The van der Waals surface area contributed by atoms with Crippen LogP contribution in [0.15, 0.2) is 24.3 Å². The first-order valence-corrected chi connectivity index (χ1v) is 11.0. The number of aromatic nitrogens is 2. The molecule has 1 fully saturated rings. The van der Waals surface area contributed by atoms with Crippen molar-refractivity contribution in [2.24, 2.45) is 0 Å². The van der Waals surface area contributed by atoms with E-state index in [0.717, 1.165) is 19.3 Å². The summed E-state index contributed by atoms with van der Waals surface area (Å²) >= 11 is 0. The van der Waals surface area contributed by atoms with E-state index in [1.54, 1.807) is 36.1 Å². The number of carbonyl (C=O) groups is 3. The molecule has 3 rings (SSSR count). The number of Topliss-reactive ketones (excluding diaryl/α,β-unsaturated/α-hetero) is 1. The predicted molar refractivity (Wildman–Crippen MR) is 120 cm³/mol. The summed E-state index contributed by atoms with van der Waals surface area (Å²) in [5.41, 5.74) is 1.40. The average Bonchev–Trinajstić information content (AvgIpc) is 3.18. The first-order chi connectivity index (χ1) is 15.1. The third kappa shape index (κ3) is 5.36. The fraction of sp³-hybridized carbons (Fsp3) is 0.500. The highest BCUT2D eigenvalue weighted by Crippen LogP contribution is 2.33. The highest BCUT2D eigenvalue weighted by molar-refractivity contribution is 5.98. The second-order valence-electron chi connectivity index (χ2n) is 8.88. The Morgan fingerprint density at radius 2 is 1.84 bits per heavy atom. The normalized spacial score (nSPS) is 16.5. The van der Waals surface area contributed by atoms with E-state index < -0.39 is 11.6 Å². The number of imidazole rings is 1. The lowest BCUT2D eigenvalue weighted by Gasteiger charge is -2.35. The van der Waals surface area contributed by atoms with E-state index in [-0.39, 0.29) is 17.9 Å². The molecule has 1 amide bonds. The molecule has 0 aliphatic carbocycles. The molecule has 0 bridgehead atoms. The lowest BCUT2D eigenvalue weighted by molar-refractivity contribution is 0.00852. The van der Waals surface area contributed by atoms with E-state index in [1.165, 1.54) is 6.92 Å². The summed E-state index contributed by atoms with van der Waals surface area (Å²) in [5.74, 6) is 0.00171. The largest absolute Gasteiger partial charge is 0.462 e. The minimum absolute atomic E-state index is 0.159. The topological polar surface area (TPSA) is 102 Å². The Hall–Kier alpha value is -3.16. The second kappa shape index (κ2) is 9.54. The highest BCUT2D eigenvalue weighted by atomic mass is 16.6. The van der Waals surface area contributed by atoms with Crippen LogP contribution >= 0.6 is 0 Å². The number of rotatable bonds is 5. The second-order valence-corrected chi connectivity index (χ2v) is 8.88. The molecule has 1 aliphatic rings. The van der Waals surface area contributed by atoms with Gasteiger partial charge < -0.3 is 14.5 Å². The summed E-state index contributed by atoms with van der Waals surface area (Å²) in [6.07, 6.45) is 2.18. The van der Waals surface area contributed by atoms with Gasteiger partial charge >= 0.3 is 12.1 Å². The zero-order valence-electron chi connectivity index (χ0n) is 19.4. The van der Waals surface area contributed by atoms with E-state index in [0.29, 0.717) is 41.5 Å². The summed E-state index contributed by atoms with van der Waals surface area (Å²) in [6.45, 7) is 9.60. The van der Waals surface area contributed by atoms with Crippen LogP contribution in [0, 0.1) is 0 Å². The maximum Gasteiger partial charge on any atom is 0.410 e. The molecule has 0 radical (unpaired) electrons. The molecular weight excluding hydrogens is 410 g/mol. The Morgan fingerprint density at radius 3 is 2.44 bits per heavy atom. The van der Waals surface area contributed by atoms with Crippen molar-refractivity contribution in [3.63, 3.8) is 0 Å². The number of esters is 1. The molecule has 8 heteroatoms. The van der Waals surface area contributed by atoms with Crippen molar-refractivity contribution in [1.82, 2.24) is 14.9 Å². The molecular formula is C24H31N3O5. The first-order valence-electron chi connectivity index (χ1n) is 11.0. The number of amides is 1. The number of carbonyl (C=O) groups excluding carboxylic acids is 3. The smallest absolute Gasteiger partial charge is 0.410 e. The molecule has 1 atom stereocenters. The predicted octanol–water partition coefficient (Wildman–Crippen LogP) is 4.92. The van der Waals surface area contributed by atoms with Gasteiger partial charge in [0.25, 0.3) is 0 Å². The molecule has 8 nitrogen and oxygen atoms in total. The number of nitrogens with one attached hydrogen (secondary N) is 1. The molecule has 0 spiro atoms. The third-order valence-corrected chi connectivity index (χ3v) is 5.19. The number of hydrogen-bond donors (Lipinski definition) is 1. The van der Waals surface area contributed by atoms with Gasteiger partial charge in [0.1, 0.15) is 17.1 Å². The van der Waals surface area contributed by atoms with Crippen LogP contribution in [0.25, 0.3) is 11.3 Å². The summed E-state index contributed by atoms with van der Waals surface area (Å²) in [5, 5.41) is 0. The Kier molecular flexibility index (Phi) is 7.01. The minimum atomic E-state index is -0.599. The van der Waals surface area contributed by atoms with Gasteiger partial charge in [0, 0.05) is 19.0 Å². The van der Waals surface area contributed by atoms with Crippen molar-refractivity contribution in [3.8, 4) is 11.3 Å². The number of likely N-dealkylation sites (tertiary alicyclic amines) is 1. The van der Waals surface area contributed by atoms with E-state index in [1.807, 2.05) is 20.8 Å². The number of piperidine rings is 1. The van der Waals surface area contributed by atoms with Gasteiger partial charge in [0.15, 0.2) is 5.78 Å². The van der Waals surface area contributed by atoms with Crippen LogP contribution in [-0.2, 0) is 9.47 Å². The maximum absolute atomic E-state index is 12.8. The van der Waals surface area contributed by atoms with Crippen molar-refractivity contribution < 1.29 is 23.9 Å². The quantitative estimate of drug-likeness (QED) is 0.522. The number of nitrogens with zero attached hydrogens (tertiary/aromatic N) is 2. The van der Waals surface area contributed by atoms with Gasteiger partial charge in [-0.25, -0.2) is 14.6 Å². The zero-order valence-corrected chi connectivity index (χ0v) is 19.4. The zero-order chi connectivity index (χ0) is 23.5. The number of aromatic amines is 1. The summed E-state index contributed by atoms with van der Waals surface area (Å²) < 4.78 is 10.6. The van der Waals surface area contributed by atoms with Gasteiger partial charge in [-0.05, 0) is 59.1 Å². The van der Waals surface area contributed by atoms with Crippen LogP contribution in [0.4, 0.5) is 4.79 Å². The number of benzene rings is 1. The van der Waals surface area contributed by atoms with Crippen molar-refractivity contribution in [1.29, 1.82) is 0 Å². The van der Waals surface area contributed by atoms with E-state index in [2.05, 4.69) is 4.98 Å². The molecule has 2 aromatic rings. The molecule has 32 heavy (non-hydrogen) atoms. The van der Waals surface area contributed by atoms with Gasteiger partial charge in [-0.3, -0.25) is 9.69 Å². The first kappa shape index (κ1) is 23.5. The molecule has 1 N–H and O–H groups in total. The molecule has 2 heterocycles. The average molecular weight is 442 g/mol. The van der Waals surface area contributed by atoms with E-state index >= 15 is 0 Å². The number of ketones is 1. The number of hydrogen-bond acceptors (Lipinski definition) is 6. The molecule has 0 unspecified atom stereocenters. The fourth-order valence-electron chi connectivity index (χ4n) is 3.75. The molecule has 1 aliphatic heterocycles. The standard InChI is InChI=1S/C24H31N3O5/c1-6-31-22(29)17-12-10-16(11-13-17)20-19(15(2)28)25-21(26-20)18-9-7-8-14-27(18)23(30)32-24(3,4)5/h10-13,18H,6-9,14H2,1-5H3,(H,25,26)/t18-/m0/s1. The molecule has 1 aromatic carbocycles. The van der Waals surface area contributed by atoms with Crippen LogP contribution in [0.5, 0.6) is 0 Å². The Balaban J connectivity index is 1.93. The minimum Gasteiger partial charge on any atom is -0.462 e. The highest BCUT2D eigenvalue weighted by Gasteiger charge is 2.34. The Bertz CT molecular complexity index is 988. The fourth-order valence-corrected chi connectivity index (χ4v) is 3.75. The summed E-state index contributed by atoms with van der Waals surface area (Å²) in [6, 6.07) is 6.48. The van der Waals surface area contributed by atoms with Crippen LogP contribution in [0.1, 0.15) is 86.6 Å². The molecule has 1 saturated heterocycles. The number of ether oxygens (including phenoxy) is 2. The molecule has 0 saturated carbocycles. The van der Waals surface area contributed by atoms with Crippen molar-refractivity contribution in [2.75, 3.05) is 13.2 Å². The lowest BCUT2D eigenvalue weighted by atomic mass is 10.0.